The molecular weight excluding hydrogens is 196 g/mol. The summed E-state index contributed by atoms with van der Waals surface area (Å²) in [6.45, 7) is 0. The Morgan fingerprint density at radius 3 is 3.00 bits per heavy atom. The highest BCUT2D eigenvalue weighted by molar-refractivity contribution is 7.07. The van der Waals surface area contributed by atoms with Crippen molar-refractivity contribution in [3.63, 3.8) is 0 Å². The van der Waals surface area contributed by atoms with E-state index >= 15 is 0 Å². The molecule has 1 atom stereocenters. The molecule has 2 aromatic heterocycles. The van der Waals surface area contributed by atoms with Crippen LogP contribution in [-0.4, -0.2) is 14.9 Å². The lowest BCUT2D eigenvalue weighted by Gasteiger charge is -2.09. The number of aromatic nitrogens is 2. The maximum atomic E-state index is 9.91. The van der Waals surface area contributed by atoms with Crippen LogP contribution in [-0.2, 0) is 13.5 Å². The molecule has 2 heterocycles. The molecule has 0 aromatic carbocycles. The molecule has 14 heavy (non-hydrogen) atoms. The van der Waals surface area contributed by atoms with Crippen LogP contribution in [0.15, 0.2) is 29.1 Å². The summed E-state index contributed by atoms with van der Waals surface area (Å²) in [5.74, 6) is 0. The third-order valence-electron chi connectivity index (χ3n) is 2.21. The Hall–Kier alpha value is -1.13. The Bertz CT molecular complexity index is 394. The first-order valence-electron chi connectivity index (χ1n) is 4.44. The van der Waals surface area contributed by atoms with Gasteiger partial charge in [0, 0.05) is 19.7 Å². The molecule has 0 fully saturated rings. The summed E-state index contributed by atoms with van der Waals surface area (Å²) >= 11 is 1.65. The first kappa shape index (κ1) is 9.43. The molecule has 4 heteroatoms. The molecule has 0 aliphatic heterocycles. The van der Waals surface area contributed by atoms with Gasteiger partial charge in [-0.2, -0.15) is 16.4 Å². The molecular formula is C10H12N2OS. The fraction of sp³-hybridized carbons (Fsp3) is 0.300. The molecule has 0 radical (unpaired) electrons. The summed E-state index contributed by atoms with van der Waals surface area (Å²) in [4.78, 5) is 0. The van der Waals surface area contributed by atoms with Gasteiger partial charge in [-0.05, 0) is 28.5 Å². The van der Waals surface area contributed by atoms with E-state index in [4.69, 9.17) is 0 Å². The molecule has 3 nitrogen and oxygen atoms in total. The minimum Gasteiger partial charge on any atom is -0.386 e. The fourth-order valence-corrected chi connectivity index (χ4v) is 2.13. The first-order chi connectivity index (χ1) is 6.77. The van der Waals surface area contributed by atoms with Gasteiger partial charge in [-0.3, -0.25) is 4.68 Å². The molecule has 0 aliphatic rings. The van der Waals surface area contributed by atoms with Crippen molar-refractivity contribution in [3.05, 3.63) is 40.3 Å². The van der Waals surface area contributed by atoms with Crippen molar-refractivity contribution in [2.24, 2.45) is 7.05 Å². The number of rotatable bonds is 3. The van der Waals surface area contributed by atoms with Crippen LogP contribution in [0.2, 0.25) is 0 Å². The average molecular weight is 208 g/mol. The number of thiophene rings is 1. The van der Waals surface area contributed by atoms with E-state index in [9.17, 15) is 5.11 Å². The van der Waals surface area contributed by atoms with Crippen molar-refractivity contribution in [1.29, 1.82) is 0 Å². The van der Waals surface area contributed by atoms with Gasteiger partial charge in [0.05, 0.1) is 11.8 Å². The zero-order chi connectivity index (χ0) is 9.97. The maximum absolute atomic E-state index is 9.91. The van der Waals surface area contributed by atoms with Crippen LogP contribution >= 0.6 is 11.3 Å². The van der Waals surface area contributed by atoms with Crippen LogP contribution in [0.5, 0.6) is 0 Å². The molecule has 74 valence electrons. The van der Waals surface area contributed by atoms with Crippen molar-refractivity contribution >= 4 is 11.3 Å². The zero-order valence-electron chi connectivity index (χ0n) is 7.92. The summed E-state index contributed by atoms with van der Waals surface area (Å²) in [6.07, 6.45) is 1.90. The quantitative estimate of drug-likeness (QED) is 0.834. The highest BCUT2D eigenvalue weighted by Crippen LogP contribution is 2.18. The van der Waals surface area contributed by atoms with E-state index in [1.54, 1.807) is 22.2 Å². The number of aliphatic hydroxyl groups is 1. The van der Waals surface area contributed by atoms with Gasteiger partial charge < -0.3 is 5.11 Å². The average Bonchev–Trinajstić information content (AvgIpc) is 2.75. The normalized spacial score (nSPS) is 13.0. The number of hydrogen-bond acceptors (Lipinski definition) is 3. The molecule has 2 aromatic rings. The molecule has 0 aliphatic carbocycles. The first-order valence-corrected chi connectivity index (χ1v) is 5.38. The van der Waals surface area contributed by atoms with Crippen LogP contribution < -0.4 is 0 Å². The van der Waals surface area contributed by atoms with E-state index in [1.165, 1.54) is 5.56 Å². The maximum Gasteiger partial charge on any atom is 0.0996 e. The lowest BCUT2D eigenvalue weighted by molar-refractivity contribution is 0.168. The van der Waals surface area contributed by atoms with Gasteiger partial charge in [-0.15, -0.1) is 0 Å². The summed E-state index contributed by atoms with van der Waals surface area (Å²) in [5.41, 5.74) is 2.03. The number of hydrogen-bond donors (Lipinski definition) is 1. The van der Waals surface area contributed by atoms with Gasteiger partial charge in [-0.1, -0.05) is 0 Å². The van der Waals surface area contributed by atoms with E-state index in [2.05, 4.69) is 10.5 Å². The van der Waals surface area contributed by atoms with Gasteiger partial charge in [0.25, 0.3) is 0 Å². The van der Waals surface area contributed by atoms with Gasteiger partial charge in [0.2, 0.25) is 0 Å². The van der Waals surface area contributed by atoms with Crippen LogP contribution in [0.1, 0.15) is 17.4 Å². The van der Waals surface area contributed by atoms with Crippen LogP contribution in [0, 0.1) is 0 Å². The van der Waals surface area contributed by atoms with Crippen molar-refractivity contribution in [3.8, 4) is 0 Å². The van der Waals surface area contributed by atoms with Gasteiger partial charge in [0.15, 0.2) is 0 Å². The smallest absolute Gasteiger partial charge is 0.0996 e. The summed E-state index contributed by atoms with van der Waals surface area (Å²) in [5, 5.41) is 18.0. The van der Waals surface area contributed by atoms with E-state index in [1.807, 2.05) is 24.6 Å². The molecule has 0 saturated heterocycles. The fourth-order valence-electron chi connectivity index (χ4n) is 1.45. The molecule has 1 unspecified atom stereocenters. The van der Waals surface area contributed by atoms with E-state index in [0.717, 1.165) is 5.69 Å². The molecule has 0 spiro atoms. The Morgan fingerprint density at radius 1 is 1.57 bits per heavy atom. The van der Waals surface area contributed by atoms with Gasteiger partial charge >= 0.3 is 0 Å². The van der Waals surface area contributed by atoms with Crippen molar-refractivity contribution in [2.75, 3.05) is 0 Å². The molecule has 0 saturated carbocycles. The molecule has 0 amide bonds. The zero-order valence-corrected chi connectivity index (χ0v) is 8.74. The standard InChI is InChI=1S/C10H12N2OS/c1-12-9(2-4-11-12)10(13)6-8-3-5-14-7-8/h2-5,7,10,13H,6H2,1H3. The highest BCUT2D eigenvalue weighted by Gasteiger charge is 2.11. The second-order valence-electron chi connectivity index (χ2n) is 3.23. The monoisotopic (exact) mass is 208 g/mol. The third-order valence-corrected chi connectivity index (χ3v) is 2.94. The largest absolute Gasteiger partial charge is 0.386 e. The van der Waals surface area contributed by atoms with Crippen molar-refractivity contribution < 1.29 is 5.11 Å². The van der Waals surface area contributed by atoms with E-state index < -0.39 is 6.10 Å². The van der Waals surface area contributed by atoms with Gasteiger partial charge in [-0.25, -0.2) is 0 Å². The van der Waals surface area contributed by atoms with Crippen molar-refractivity contribution in [1.82, 2.24) is 9.78 Å². The minimum atomic E-state index is -0.461. The number of aryl methyl sites for hydroxylation is 1. The molecule has 2 rings (SSSR count). The summed E-state index contributed by atoms with van der Waals surface area (Å²) in [6, 6.07) is 3.88. The van der Waals surface area contributed by atoms with E-state index in [-0.39, 0.29) is 0 Å². The topological polar surface area (TPSA) is 38.0 Å². The highest BCUT2D eigenvalue weighted by atomic mass is 32.1. The summed E-state index contributed by atoms with van der Waals surface area (Å²) < 4.78 is 1.71. The van der Waals surface area contributed by atoms with E-state index in [0.29, 0.717) is 6.42 Å². The van der Waals surface area contributed by atoms with Crippen LogP contribution in [0.4, 0.5) is 0 Å². The van der Waals surface area contributed by atoms with Crippen LogP contribution in [0.3, 0.4) is 0 Å². The number of aliphatic hydroxyl groups excluding tert-OH is 1. The predicted octanol–water partition coefficient (Wildman–Crippen LogP) is 1.76. The predicted molar refractivity (Wildman–Crippen MR) is 56.2 cm³/mol. The Balaban J connectivity index is 2.10. The Morgan fingerprint density at radius 2 is 2.43 bits per heavy atom. The Kier molecular flexibility index (Phi) is 2.65. The van der Waals surface area contributed by atoms with Crippen molar-refractivity contribution in [2.45, 2.75) is 12.5 Å². The Labute approximate surface area is 86.6 Å². The second kappa shape index (κ2) is 3.94. The second-order valence-corrected chi connectivity index (χ2v) is 4.01. The number of nitrogens with zero attached hydrogens (tertiary/aromatic N) is 2. The third kappa shape index (κ3) is 1.86. The molecule has 1 N–H and O–H groups in total. The lowest BCUT2D eigenvalue weighted by atomic mass is 10.1. The SMILES string of the molecule is Cn1nccc1C(O)Cc1ccsc1. The summed E-state index contributed by atoms with van der Waals surface area (Å²) in [7, 11) is 1.84. The van der Waals surface area contributed by atoms with Gasteiger partial charge in [0.1, 0.15) is 0 Å². The molecule has 0 bridgehead atoms. The minimum absolute atomic E-state index is 0.461. The van der Waals surface area contributed by atoms with Crippen LogP contribution in [0.25, 0.3) is 0 Å². The lowest BCUT2D eigenvalue weighted by Crippen LogP contribution is -2.07.